The maximum atomic E-state index is 12.9. The van der Waals surface area contributed by atoms with Gasteiger partial charge in [-0.1, -0.05) is 25.8 Å². The highest BCUT2D eigenvalue weighted by Gasteiger charge is 2.25. The number of anilines is 1. The lowest BCUT2D eigenvalue weighted by molar-refractivity contribution is -0.121. The third-order valence-corrected chi connectivity index (χ3v) is 6.75. The molecule has 0 spiro atoms. The van der Waals surface area contributed by atoms with Crippen LogP contribution in [-0.4, -0.2) is 43.8 Å². The van der Waals surface area contributed by atoms with E-state index in [-0.39, 0.29) is 22.9 Å². The number of nitrogens with zero attached hydrogens (tertiary/aromatic N) is 1. The Kier molecular flexibility index (Phi) is 7.06. The van der Waals surface area contributed by atoms with Crippen molar-refractivity contribution in [1.82, 2.24) is 9.62 Å². The van der Waals surface area contributed by atoms with E-state index in [1.54, 1.807) is 28.6 Å². The molecule has 1 amide bonds. The lowest BCUT2D eigenvalue weighted by Crippen LogP contribution is -2.45. The van der Waals surface area contributed by atoms with Crippen LogP contribution in [0.1, 0.15) is 52.9 Å². The maximum absolute atomic E-state index is 12.9. The molecule has 1 aliphatic heterocycles. The van der Waals surface area contributed by atoms with Crippen molar-refractivity contribution < 1.29 is 13.2 Å². The van der Waals surface area contributed by atoms with Crippen LogP contribution in [-0.2, 0) is 14.8 Å². The number of carbonyl (C=O) groups is 1. The van der Waals surface area contributed by atoms with Gasteiger partial charge in [-0.3, -0.25) is 4.79 Å². The number of rotatable bonds is 7. The molecule has 0 saturated carbocycles. The minimum absolute atomic E-state index is 0.108. The molecule has 1 heterocycles. The molecule has 1 fully saturated rings. The zero-order chi connectivity index (χ0) is 19.2. The lowest BCUT2D eigenvalue weighted by atomic mass is 10.0. The average Bonchev–Trinajstić information content (AvgIpc) is 2.90. The molecular weight excluding hydrogens is 350 g/mol. The second-order valence-corrected chi connectivity index (χ2v) is 9.42. The molecular formula is C19H31N3O3S. The topological polar surface area (TPSA) is 78.5 Å². The molecule has 0 aliphatic carbocycles. The number of benzene rings is 1. The molecule has 0 radical (unpaired) electrons. The molecule has 0 bridgehead atoms. The highest BCUT2D eigenvalue weighted by atomic mass is 32.2. The molecule has 1 aliphatic rings. The van der Waals surface area contributed by atoms with Crippen molar-refractivity contribution in [3.05, 3.63) is 24.3 Å². The number of hydrogen-bond donors (Lipinski definition) is 2. The monoisotopic (exact) mass is 381 g/mol. The van der Waals surface area contributed by atoms with Crippen LogP contribution in [0.25, 0.3) is 0 Å². The Bertz CT molecular complexity index is 708. The summed E-state index contributed by atoms with van der Waals surface area (Å²) in [6.07, 6.45) is 4.81. The van der Waals surface area contributed by atoms with Crippen LogP contribution in [0.2, 0.25) is 0 Å². The van der Waals surface area contributed by atoms with Crippen molar-refractivity contribution in [2.45, 2.75) is 63.3 Å². The van der Waals surface area contributed by atoms with Crippen molar-refractivity contribution in [3.8, 4) is 0 Å². The van der Waals surface area contributed by atoms with E-state index in [0.29, 0.717) is 18.8 Å². The van der Waals surface area contributed by atoms with E-state index < -0.39 is 10.0 Å². The fourth-order valence-corrected chi connectivity index (χ4v) is 4.45. The van der Waals surface area contributed by atoms with Crippen molar-refractivity contribution >= 4 is 21.6 Å². The van der Waals surface area contributed by atoms with E-state index in [2.05, 4.69) is 10.6 Å². The normalized spacial score (nSPS) is 16.7. The molecule has 1 saturated heterocycles. The molecule has 1 aromatic rings. The van der Waals surface area contributed by atoms with Gasteiger partial charge < -0.3 is 10.6 Å². The first-order valence-electron chi connectivity index (χ1n) is 9.40. The Morgan fingerprint density at radius 3 is 2.42 bits per heavy atom. The summed E-state index contributed by atoms with van der Waals surface area (Å²) in [6, 6.07) is 6.71. The maximum Gasteiger partial charge on any atom is 0.243 e. The first kappa shape index (κ1) is 20.7. The Morgan fingerprint density at radius 2 is 1.81 bits per heavy atom. The van der Waals surface area contributed by atoms with Gasteiger partial charge in [0.15, 0.2) is 0 Å². The van der Waals surface area contributed by atoms with Crippen LogP contribution in [0.5, 0.6) is 0 Å². The Hall–Kier alpha value is -1.60. The summed E-state index contributed by atoms with van der Waals surface area (Å²) in [7, 11) is -3.49. The Morgan fingerprint density at radius 1 is 1.15 bits per heavy atom. The summed E-state index contributed by atoms with van der Waals surface area (Å²) in [6.45, 7) is 7.23. The summed E-state index contributed by atoms with van der Waals surface area (Å²) in [5.74, 6) is -0.113. The summed E-state index contributed by atoms with van der Waals surface area (Å²) in [5.41, 5.74) is 0.377. The SMILES string of the molecule is CCC(C)(C)NC(=O)CNc1cccc(S(=O)(=O)N2CCCCCC2)c1. The van der Waals surface area contributed by atoms with Gasteiger partial charge in [-0.15, -0.1) is 0 Å². The Balaban J connectivity index is 2.04. The standard InChI is InChI=1S/C19H31N3O3S/c1-4-19(2,3)21-18(23)15-20-16-10-9-11-17(14-16)26(24,25)22-12-7-5-6-8-13-22/h9-11,14,20H,4-8,12-13,15H2,1-3H3,(H,21,23). The van der Waals surface area contributed by atoms with Gasteiger partial charge in [-0.05, 0) is 51.3 Å². The summed E-state index contributed by atoms with van der Waals surface area (Å²) < 4.78 is 27.3. The predicted octanol–water partition coefficient (Wildman–Crippen LogP) is 2.97. The fraction of sp³-hybridized carbons (Fsp3) is 0.632. The molecule has 0 atom stereocenters. The van der Waals surface area contributed by atoms with Crippen molar-refractivity contribution in [3.63, 3.8) is 0 Å². The smallest absolute Gasteiger partial charge is 0.243 e. The number of amides is 1. The van der Waals surface area contributed by atoms with Crippen LogP contribution in [0.4, 0.5) is 5.69 Å². The molecule has 26 heavy (non-hydrogen) atoms. The van der Waals surface area contributed by atoms with Crippen LogP contribution >= 0.6 is 0 Å². The van der Waals surface area contributed by atoms with Gasteiger partial charge in [0.05, 0.1) is 11.4 Å². The zero-order valence-corrected chi connectivity index (χ0v) is 16.9. The molecule has 146 valence electrons. The third kappa shape index (κ3) is 5.71. The number of hydrogen-bond acceptors (Lipinski definition) is 4. The molecule has 6 nitrogen and oxygen atoms in total. The van der Waals surface area contributed by atoms with Gasteiger partial charge in [0.2, 0.25) is 15.9 Å². The summed E-state index contributed by atoms with van der Waals surface area (Å²) >= 11 is 0. The van der Waals surface area contributed by atoms with Crippen LogP contribution in [0.3, 0.4) is 0 Å². The molecule has 2 rings (SSSR count). The van der Waals surface area contributed by atoms with Gasteiger partial charge in [-0.2, -0.15) is 4.31 Å². The van der Waals surface area contributed by atoms with Gasteiger partial charge >= 0.3 is 0 Å². The van der Waals surface area contributed by atoms with Gasteiger partial charge in [-0.25, -0.2) is 8.42 Å². The second-order valence-electron chi connectivity index (χ2n) is 7.49. The summed E-state index contributed by atoms with van der Waals surface area (Å²) in [5, 5.41) is 5.98. The minimum atomic E-state index is -3.49. The first-order valence-corrected chi connectivity index (χ1v) is 10.8. The van der Waals surface area contributed by atoms with Crippen molar-refractivity contribution in [2.75, 3.05) is 25.0 Å². The summed E-state index contributed by atoms with van der Waals surface area (Å²) in [4.78, 5) is 12.3. The lowest BCUT2D eigenvalue weighted by Gasteiger charge is -2.24. The van der Waals surface area contributed by atoms with Crippen LogP contribution < -0.4 is 10.6 Å². The largest absolute Gasteiger partial charge is 0.376 e. The van der Waals surface area contributed by atoms with Gasteiger partial charge in [0, 0.05) is 24.3 Å². The molecule has 2 N–H and O–H groups in total. The van der Waals surface area contributed by atoms with E-state index in [1.165, 1.54) is 0 Å². The molecule has 0 unspecified atom stereocenters. The number of sulfonamides is 1. The highest BCUT2D eigenvalue weighted by Crippen LogP contribution is 2.22. The fourth-order valence-electron chi connectivity index (χ4n) is 2.89. The second kappa shape index (κ2) is 8.86. The quantitative estimate of drug-likeness (QED) is 0.761. The van der Waals surface area contributed by atoms with E-state index in [4.69, 9.17) is 0 Å². The Labute approximate surface area is 157 Å². The predicted molar refractivity (Wildman–Crippen MR) is 105 cm³/mol. The minimum Gasteiger partial charge on any atom is -0.376 e. The average molecular weight is 382 g/mol. The van der Waals surface area contributed by atoms with Crippen LogP contribution in [0, 0.1) is 0 Å². The highest BCUT2D eigenvalue weighted by molar-refractivity contribution is 7.89. The van der Waals surface area contributed by atoms with E-state index in [9.17, 15) is 13.2 Å². The first-order chi connectivity index (χ1) is 12.2. The molecule has 0 aromatic heterocycles. The zero-order valence-electron chi connectivity index (χ0n) is 16.0. The van der Waals surface area contributed by atoms with Crippen molar-refractivity contribution in [1.29, 1.82) is 0 Å². The van der Waals surface area contributed by atoms with Gasteiger partial charge in [0.25, 0.3) is 0 Å². The third-order valence-electron chi connectivity index (χ3n) is 4.85. The number of nitrogens with one attached hydrogen (secondary N) is 2. The van der Waals surface area contributed by atoms with E-state index in [1.807, 2.05) is 20.8 Å². The van der Waals surface area contributed by atoms with Gasteiger partial charge in [0.1, 0.15) is 0 Å². The number of carbonyl (C=O) groups excluding carboxylic acids is 1. The van der Waals surface area contributed by atoms with Crippen LogP contribution in [0.15, 0.2) is 29.2 Å². The van der Waals surface area contributed by atoms with Crippen molar-refractivity contribution in [2.24, 2.45) is 0 Å². The molecule has 1 aromatic carbocycles. The molecule has 7 heteroatoms. The van der Waals surface area contributed by atoms with E-state index in [0.717, 1.165) is 32.1 Å². The van der Waals surface area contributed by atoms with E-state index >= 15 is 0 Å².